The molecule has 9 heteroatoms. The normalized spacial score (nSPS) is 17.9. The van der Waals surface area contributed by atoms with Crippen LogP contribution in [0.1, 0.15) is 46.5 Å². The topological polar surface area (TPSA) is 88.4 Å². The van der Waals surface area contributed by atoms with Crippen LogP contribution in [0.15, 0.2) is 11.5 Å². The van der Waals surface area contributed by atoms with Gasteiger partial charge in [0.25, 0.3) is 15.2 Å². The van der Waals surface area contributed by atoms with Gasteiger partial charge < -0.3 is 4.90 Å². The summed E-state index contributed by atoms with van der Waals surface area (Å²) in [6.07, 6.45) is 4.72. The summed E-state index contributed by atoms with van der Waals surface area (Å²) in [5, 5.41) is 3.63. The van der Waals surface area contributed by atoms with E-state index in [1.54, 1.807) is 4.90 Å². The minimum Gasteiger partial charge on any atom is -0.320 e. The van der Waals surface area contributed by atoms with Gasteiger partial charge in [-0.1, -0.05) is 13.3 Å². The first kappa shape index (κ1) is 17.9. The van der Waals surface area contributed by atoms with Gasteiger partial charge in [0.15, 0.2) is 0 Å². The summed E-state index contributed by atoms with van der Waals surface area (Å²) < 4.78 is 27.4. The number of sulfonamides is 1. The van der Waals surface area contributed by atoms with Gasteiger partial charge in [0.1, 0.15) is 6.33 Å². The first-order valence-corrected chi connectivity index (χ1v) is 9.58. The van der Waals surface area contributed by atoms with Crippen LogP contribution in [0.3, 0.4) is 0 Å². The molecular weight excluding hydrogens is 318 g/mol. The Morgan fingerprint density at radius 3 is 2.52 bits per heavy atom. The molecule has 2 heterocycles. The molecule has 0 bridgehead atoms. The molecule has 1 fully saturated rings. The Morgan fingerprint density at radius 1 is 1.30 bits per heavy atom. The number of nitrogens with zero attached hydrogens (tertiary/aromatic N) is 5. The fourth-order valence-corrected chi connectivity index (χ4v) is 4.01. The van der Waals surface area contributed by atoms with Crippen LogP contribution in [-0.4, -0.2) is 64.1 Å². The van der Waals surface area contributed by atoms with E-state index in [0.717, 1.165) is 30.4 Å². The lowest BCUT2D eigenvalue weighted by Gasteiger charge is -2.26. The van der Waals surface area contributed by atoms with E-state index in [-0.39, 0.29) is 17.2 Å². The lowest BCUT2D eigenvalue weighted by Crippen LogP contribution is -2.41. The number of amides is 1. The summed E-state index contributed by atoms with van der Waals surface area (Å²) >= 11 is 0. The second kappa shape index (κ2) is 7.39. The van der Waals surface area contributed by atoms with Crippen molar-refractivity contribution in [3.63, 3.8) is 0 Å². The number of aromatic nitrogens is 3. The zero-order valence-electron chi connectivity index (χ0n) is 14.0. The number of hydrogen-bond acceptors (Lipinski definition) is 5. The van der Waals surface area contributed by atoms with E-state index in [0.29, 0.717) is 19.6 Å². The first-order valence-electron chi connectivity index (χ1n) is 8.14. The van der Waals surface area contributed by atoms with Crippen molar-refractivity contribution in [1.82, 2.24) is 24.0 Å². The van der Waals surface area contributed by atoms with Crippen LogP contribution >= 0.6 is 0 Å². The van der Waals surface area contributed by atoms with E-state index >= 15 is 0 Å². The zero-order chi connectivity index (χ0) is 17.0. The molecule has 130 valence electrons. The van der Waals surface area contributed by atoms with E-state index in [2.05, 4.69) is 10.1 Å². The van der Waals surface area contributed by atoms with Crippen molar-refractivity contribution in [3.8, 4) is 0 Å². The van der Waals surface area contributed by atoms with Crippen LogP contribution < -0.4 is 0 Å². The Kier molecular flexibility index (Phi) is 5.74. The number of hydrogen-bond donors (Lipinski definition) is 0. The van der Waals surface area contributed by atoms with Crippen LogP contribution in [-0.2, 0) is 10.0 Å². The third-order valence-corrected chi connectivity index (χ3v) is 5.96. The van der Waals surface area contributed by atoms with Gasteiger partial charge >= 0.3 is 6.03 Å². The average Bonchev–Trinajstić information content (AvgIpc) is 3.06. The Balaban J connectivity index is 2.21. The quantitative estimate of drug-likeness (QED) is 0.809. The maximum absolute atomic E-state index is 12.5. The molecule has 23 heavy (non-hydrogen) atoms. The molecule has 1 aromatic heterocycles. The molecule has 1 atom stereocenters. The minimum absolute atomic E-state index is 0.0545. The maximum Gasteiger partial charge on any atom is 0.346 e. The molecular formula is C14H25N5O3S. The molecule has 1 unspecified atom stereocenters. The SMILES string of the molecule is CCC(C)N(CC)C(=O)n1cnc(S(=O)(=O)N2CCCCC2)n1. The highest BCUT2D eigenvalue weighted by Gasteiger charge is 2.30. The summed E-state index contributed by atoms with van der Waals surface area (Å²) in [5.41, 5.74) is 0. The summed E-state index contributed by atoms with van der Waals surface area (Å²) in [6.45, 7) is 7.32. The van der Waals surface area contributed by atoms with Crippen LogP contribution in [0.25, 0.3) is 0 Å². The van der Waals surface area contributed by atoms with Gasteiger partial charge in [0.05, 0.1) is 0 Å². The predicted molar refractivity (Wildman–Crippen MR) is 85.6 cm³/mol. The molecule has 0 aromatic carbocycles. The van der Waals surface area contributed by atoms with E-state index < -0.39 is 10.0 Å². The maximum atomic E-state index is 12.5. The minimum atomic E-state index is -3.71. The molecule has 1 aromatic rings. The van der Waals surface area contributed by atoms with E-state index in [1.807, 2.05) is 20.8 Å². The highest BCUT2D eigenvalue weighted by Crippen LogP contribution is 2.17. The fraction of sp³-hybridized carbons (Fsp3) is 0.786. The van der Waals surface area contributed by atoms with Crippen LogP contribution in [0.2, 0.25) is 0 Å². The van der Waals surface area contributed by atoms with Crippen LogP contribution in [0.4, 0.5) is 4.79 Å². The van der Waals surface area contributed by atoms with Gasteiger partial charge in [-0.15, -0.1) is 5.10 Å². The van der Waals surface area contributed by atoms with Gasteiger partial charge in [0, 0.05) is 25.7 Å². The van der Waals surface area contributed by atoms with E-state index in [9.17, 15) is 13.2 Å². The molecule has 0 radical (unpaired) electrons. The Morgan fingerprint density at radius 2 is 1.96 bits per heavy atom. The van der Waals surface area contributed by atoms with Crippen molar-refractivity contribution in [2.45, 2.75) is 57.7 Å². The molecule has 2 rings (SSSR count). The standard InChI is InChI=1S/C14H25N5O3S/c1-4-12(3)18(5-2)14(20)19-11-15-13(16-19)23(21,22)17-9-7-6-8-10-17/h11-12H,4-10H2,1-3H3. The summed E-state index contributed by atoms with van der Waals surface area (Å²) in [6, 6.07) is -0.298. The fourth-order valence-electron chi connectivity index (χ4n) is 2.67. The average molecular weight is 343 g/mol. The summed E-state index contributed by atoms with van der Waals surface area (Å²) in [4.78, 5) is 18.0. The van der Waals surface area contributed by atoms with Crippen molar-refractivity contribution in [3.05, 3.63) is 6.33 Å². The molecule has 8 nitrogen and oxygen atoms in total. The summed E-state index contributed by atoms with van der Waals surface area (Å²) in [7, 11) is -3.71. The molecule has 1 aliphatic rings. The lowest BCUT2D eigenvalue weighted by atomic mass is 10.2. The summed E-state index contributed by atoms with van der Waals surface area (Å²) in [5.74, 6) is 0. The molecule has 1 amide bonds. The second-order valence-electron chi connectivity index (χ2n) is 5.76. The Bertz CT molecular complexity index is 637. The van der Waals surface area contributed by atoms with Crippen molar-refractivity contribution >= 4 is 16.1 Å². The number of piperidine rings is 1. The van der Waals surface area contributed by atoms with E-state index in [4.69, 9.17) is 0 Å². The zero-order valence-corrected chi connectivity index (χ0v) is 14.8. The van der Waals surface area contributed by atoms with Crippen LogP contribution in [0.5, 0.6) is 0 Å². The number of carbonyl (C=O) groups is 1. The molecule has 0 aliphatic carbocycles. The van der Waals surface area contributed by atoms with Crippen molar-refractivity contribution in [2.24, 2.45) is 0 Å². The molecule has 0 saturated carbocycles. The third-order valence-electron chi connectivity index (χ3n) is 4.26. The second-order valence-corrected chi connectivity index (χ2v) is 7.59. The first-order chi connectivity index (χ1) is 10.9. The largest absolute Gasteiger partial charge is 0.346 e. The van der Waals surface area contributed by atoms with E-state index in [1.165, 1.54) is 10.6 Å². The Hall–Kier alpha value is -1.48. The molecule has 0 N–H and O–H groups in total. The number of carbonyl (C=O) groups excluding carboxylic acids is 1. The van der Waals surface area contributed by atoms with Gasteiger partial charge in [-0.05, 0) is 33.1 Å². The highest BCUT2D eigenvalue weighted by atomic mass is 32.2. The van der Waals surface area contributed by atoms with Gasteiger partial charge in [-0.3, -0.25) is 0 Å². The van der Waals surface area contributed by atoms with Crippen molar-refractivity contribution < 1.29 is 13.2 Å². The van der Waals surface area contributed by atoms with Crippen molar-refractivity contribution in [2.75, 3.05) is 19.6 Å². The van der Waals surface area contributed by atoms with Crippen LogP contribution in [0, 0.1) is 0 Å². The van der Waals surface area contributed by atoms with Gasteiger partial charge in [-0.2, -0.15) is 8.99 Å². The lowest BCUT2D eigenvalue weighted by molar-refractivity contribution is 0.179. The van der Waals surface area contributed by atoms with Crippen molar-refractivity contribution in [1.29, 1.82) is 0 Å². The monoisotopic (exact) mass is 343 g/mol. The highest BCUT2D eigenvalue weighted by molar-refractivity contribution is 7.88. The van der Waals surface area contributed by atoms with Gasteiger partial charge in [-0.25, -0.2) is 18.2 Å². The van der Waals surface area contributed by atoms with Gasteiger partial charge in [0.2, 0.25) is 0 Å². The predicted octanol–water partition coefficient (Wildman–Crippen LogP) is 1.54. The number of rotatable bonds is 5. The molecule has 1 aliphatic heterocycles. The third kappa shape index (κ3) is 3.72. The smallest absolute Gasteiger partial charge is 0.320 e. The Labute approximate surface area is 137 Å². The molecule has 1 saturated heterocycles. The molecule has 0 spiro atoms.